The Bertz CT molecular complexity index is 277. The molecule has 0 aliphatic carbocycles. The number of aliphatic hydroxyl groups is 1. The number of hydrogen-bond donors (Lipinski definition) is 2. The summed E-state index contributed by atoms with van der Waals surface area (Å²) in [6, 6.07) is 6.99. The van der Waals surface area contributed by atoms with E-state index in [2.05, 4.69) is 0 Å². The van der Waals surface area contributed by atoms with Crippen LogP contribution in [0.25, 0.3) is 6.08 Å². The third-order valence-corrected chi connectivity index (χ3v) is 1.49. The fourth-order valence-electron chi connectivity index (χ4n) is 0.871. The van der Waals surface area contributed by atoms with Crippen molar-refractivity contribution in [3.8, 4) is 5.75 Å². The van der Waals surface area contributed by atoms with Crippen LogP contribution in [0, 0.1) is 0 Å². The molecule has 1 aromatic rings. The molecule has 1 rings (SSSR count). The van der Waals surface area contributed by atoms with E-state index < -0.39 is 6.10 Å². The highest BCUT2D eigenvalue weighted by Gasteiger charge is 1.93. The summed E-state index contributed by atoms with van der Waals surface area (Å²) in [6.45, 7) is 1.66. The molecule has 0 unspecified atom stereocenters. The van der Waals surface area contributed by atoms with Crippen LogP contribution in [0.5, 0.6) is 5.75 Å². The second-order valence-corrected chi connectivity index (χ2v) is 2.66. The topological polar surface area (TPSA) is 40.5 Å². The smallest absolute Gasteiger partial charge is 0.122 e. The number of hydrogen-bond acceptors (Lipinski definition) is 2. The minimum atomic E-state index is -0.482. The molecule has 12 heavy (non-hydrogen) atoms. The molecule has 0 aromatic heterocycles. The summed E-state index contributed by atoms with van der Waals surface area (Å²) >= 11 is 0. The van der Waals surface area contributed by atoms with E-state index in [4.69, 9.17) is 5.11 Å². The van der Waals surface area contributed by atoms with E-state index in [1.807, 2.05) is 6.07 Å². The SMILES string of the molecule is C[C@H](O)/C=C\c1ccccc1O. The Labute approximate surface area is 71.8 Å². The monoisotopic (exact) mass is 164 g/mol. The summed E-state index contributed by atoms with van der Waals surface area (Å²) in [7, 11) is 0. The quantitative estimate of drug-likeness (QED) is 0.699. The average molecular weight is 164 g/mol. The van der Waals surface area contributed by atoms with Crippen LogP contribution < -0.4 is 0 Å². The number of para-hydroxylation sites is 1. The minimum absolute atomic E-state index is 0.231. The van der Waals surface area contributed by atoms with Crippen molar-refractivity contribution < 1.29 is 10.2 Å². The Morgan fingerprint density at radius 3 is 2.58 bits per heavy atom. The van der Waals surface area contributed by atoms with E-state index in [9.17, 15) is 5.11 Å². The van der Waals surface area contributed by atoms with Gasteiger partial charge in [-0.1, -0.05) is 30.4 Å². The molecular weight excluding hydrogens is 152 g/mol. The van der Waals surface area contributed by atoms with Crippen molar-refractivity contribution in [1.29, 1.82) is 0 Å². The van der Waals surface area contributed by atoms with Crippen LogP contribution in [-0.4, -0.2) is 16.3 Å². The van der Waals surface area contributed by atoms with E-state index in [-0.39, 0.29) is 5.75 Å². The molecule has 0 bridgehead atoms. The van der Waals surface area contributed by atoms with Crippen LogP contribution in [0.4, 0.5) is 0 Å². The van der Waals surface area contributed by atoms with E-state index in [0.717, 1.165) is 5.56 Å². The molecule has 1 aromatic carbocycles. The molecule has 0 heterocycles. The second kappa shape index (κ2) is 3.93. The number of phenolic OH excluding ortho intramolecular Hbond substituents is 1. The molecule has 0 saturated heterocycles. The van der Waals surface area contributed by atoms with Crippen molar-refractivity contribution in [2.45, 2.75) is 13.0 Å². The molecule has 64 valence electrons. The van der Waals surface area contributed by atoms with Gasteiger partial charge in [-0.3, -0.25) is 0 Å². The number of aliphatic hydroxyl groups excluding tert-OH is 1. The Balaban J connectivity index is 2.82. The third-order valence-electron chi connectivity index (χ3n) is 1.49. The molecule has 0 saturated carbocycles. The number of phenols is 1. The van der Waals surface area contributed by atoms with Gasteiger partial charge in [0.2, 0.25) is 0 Å². The summed E-state index contributed by atoms with van der Waals surface area (Å²) in [4.78, 5) is 0. The molecule has 1 atom stereocenters. The van der Waals surface area contributed by atoms with Crippen LogP contribution in [0.2, 0.25) is 0 Å². The molecule has 0 spiro atoms. The van der Waals surface area contributed by atoms with E-state index in [0.29, 0.717) is 0 Å². The number of aromatic hydroxyl groups is 1. The van der Waals surface area contributed by atoms with Crippen molar-refractivity contribution in [3.63, 3.8) is 0 Å². The zero-order chi connectivity index (χ0) is 8.97. The maximum absolute atomic E-state index is 9.29. The van der Waals surface area contributed by atoms with Crippen molar-refractivity contribution in [2.75, 3.05) is 0 Å². The molecule has 0 fully saturated rings. The zero-order valence-corrected chi connectivity index (χ0v) is 6.94. The van der Waals surface area contributed by atoms with Crippen molar-refractivity contribution in [3.05, 3.63) is 35.9 Å². The van der Waals surface area contributed by atoms with Gasteiger partial charge >= 0.3 is 0 Å². The van der Waals surface area contributed by atoms with Gasteiger partial charge in [0.05, 0.1) is 6.10 Å². The van der Waals surface area contributed by atoms with Gasteiger partial charge in [0.1, 0.15) is 5.75 Å². The first-order valence-electron chi connectivity index (χ1n) is 3.84. The summed E-state index contributed by atoms with van der Waals surface area (Å²) in [6.07, 6.45) is 2.83. The molecule has 0 amide bonds. The van der Waals surface area contributed by atoms with Crippen LogP contribution in [0.3, 0.4) is 0 Å². The van der Waals surface area contributed by atoms with Gasteiger partial charge in [-0.25, -0.2) is 0 Å². The molecule has 0 radical (unpaired) electrons. The summed E-state index contributed by atoms with van der Waals surface area (Å²) in [5.74, 6) is 0.231. The normalized spacial score (nSPS) is 13.5. The first-order chi connectivity index (χ1) is 5.70. The highest BCUT2D eigenvalue weighted by atomic mass is 16.3. The lowest BCUT2D eigenvalue weighted by molar-refractivity contribution is 0.245. The molecule has 0 aliphatic rings. The van der Waals surface area contributed by atoms with Gasteiger partial charge in [-0.05, 0) is 13.0 Å². The van der Waals surface area contributed by atoms with Crippen LogP contribution in [0.1, 0.15) is 12.5 Å². The summed E-state index contributed by atoms with van der Waals surface area (Å²) in [5.41, 5.74) is 0.721. The van der Waals surface area contributed by atoms with Gasteiger partial charge in [0.15, 0.2) is 0 Å². The number of rotatable bonds is 2. The van der Waals surface area contributed by atoms with Gasteiger partial charge < -0.3 is 10.2 Å². The van der Waals surface area contributed by atoms with Crippen LogP contribution in [-0.2, 0) is 0 Å². The molecule has 0 aliphatic heterocycles. The molecular formula is C10H12O2. The standard InChI is InChI=1S/C10H12O2/c1-8(11)6-7-9-4-2-3-5-10(9)12/h2-8,11-12H,1H3/b7-6-/t8-/m0/s1. The van der Waals surface area contributed by atoms with Gasteiger partial charge in [0, 0.05) is 5.56 Å². The Kier molecular flexibility index (Phi) is 2.88. The van der Waals surface area contributed by atoms with Crippen molar-refractivity contribution >= 4 is 6.08 Å². The number of benzene rings is 1. The first-order valence-corrected chi connectivity index (χ1v) is 3.84. The van der Waals surface area contributed by atoms with E-state index in [1.54, 1.807) is 37.3 Å². The van der Waals surface area contributed by atoms with Gasteiger partial charge in [0.25, 0.3) is 0 Å². The highest BCUT2D eigenvalue weighted by molar-refractivity contribution is 5.56. The predicted molar refractivity (Wildman–Crippen MR) is 48.8 cm³/mol. The Hall–Kier alpha value is -1.28. The van der Waals surface area contributed by atoms with E-state index >= 15 is 0 Å². The summed E-state index contributed by atoms with van der Waals surface area (Å²) in [5, 5.41) is 18.2. The molecule has 2 heteroatoms. The van der Waals surface area contributed by atoms with Crippen LogP contribution in [0.15, 0.2) is 30.3 Å². The maximum Gasteiger partial charge on any atom is 0.122 e. The molecule has 2 N–H and O–H groups in total. The predicted octanol–water partition coefficient (Wildman–Crippen LogP) is 1.79. The largest absolute Gasteiger partial charge is 0.507 e. The van der Waals surface area contributed by atoms with Crippen LogP contribution >= 0.6 is 0 Å². The van der Waals surface area contributed by atoms with Gasteiger partial charge in [-0.2, -0.15) is 0 Å². The maximum atomic E-state index is 9.29. The minimum Gasteiger partial charge on any atom is -0.507 e. The lowest BCUT2D eigenvalue weighted by Crippen LogP contribution is -1.91. The molecule has 2 nitrogen and oxygen atoms in total. The van der Waals surface area contributed by atoms with Crippen molar-refractivity contribution in [2.24, 2.45) is 0 Å². The zero-order valence-electron chi connectivity index (χ0n) is 6.94. The fraction of sp³-hybridized carbons (Fsp3) is 0.200. The highest BCUT2D eigenvalue weighted by Crippen LogP contribution is 2.16. The second-order valence-electron chi connectivity index (χ2n) is 2.66. The fourth-order valence-corrected chi connectivity index (χ4v) is 0.871. The first kappa shape index (κ1) is 8.81. The lowest BCUT2D eigenvalue weighted by atomic mass is 10.2. The van der Waals surface area contributed by atoms with Gasteiger partial charge in [-0.15, -0.1) is 0 Å². The Morgan fingerprint density at radius 2 is 2.00 bits per heavy atom. The Morgan fingerprint density at radius 1 is 1.33 bits per heavy atom. The summed E-state index contributed by atoms with van der Waals surface area (Å²) < 4.78 is 0. The average Bonchev–Trinajstić information content (AvgIpc) is 2.03. The van der Waals surface area contributed by atoms with Crippen molar-refractivity contribution in [1.82, 2.24) is 0 Å². The van der Waals surface area contributed by atoms with E-state index in [1.165, 1.54) is 0 Å². The lowest BCUT2D eigenvalue weighted by Gasteiger charge is -1.97. The third kappa shape index (κ3) is 2.40.